The Hall–Kier alpha value is -3.45. The fraction of sp³-hybridized carbons (Fsp3) is 0.261. The predicted octanol–water partition coefficient (Wildman–Crippen LogP) is 3.93. The van der Waals surface area contributed by atoms with Gasteiger partial charge in [-0.1, -0.05) is 18.2 Å². The summed E-state index contributed by atoms with van der Waals surface area (Å²) in [4.78, 5) is 17.4. The van der Waals surface area contributed by atoms with E-state index in [1.807, 2.05) is 54.2 Å². The van der Waals surface area contributed by atoms with Crippen LogP contribution in [-0.4, -0.2) is 38.5 Å². The third-order valence-electron chi connectivity index (χ3n) is 5.69. The highest BCUT2D eigenvalue weighted by molar-refractivity contribution is 6.12. The first-order chi connectivity index (χ1) is 14.4. The highest BCUT2D eigenvalue weighted by Crippen LogP contribution is 2.41. The van der Waals surface area contributed by atoms with Crippen LogP contribution in [0.2, 0.25) is 0 Å². The molecule has 1 saturated carbocycles. The van der Waals surface area contributed by atoms with Crippen LogP contribution in [0.25, 0.3) is 21.8 Å². The molecule has 1 aliphatic carbocycles. The van der Waals surface area contributed by atoms with Crippen LogP contribution >= 0.6 is 0 Å². The molecule has 7 nitrogen and oxygen atoms in total. The first-order valence-electron chi connectivity index (χ1n) is 9.88. The molecule has 0 saturated heterocycles. The number of aromatic nitrogens is 3. The Kier molecular flexibility index (Phi) is 4.22. The standard InChI is InChI=1S/C23H22N4O3/c1-23(29)11-16(12-23)27-13-15-9-19(20(30-2)10-18(15)26-27)25-22(28)17-7-3-5-14-6-4-8-24-21(14)17/h3-10,13,16,29H,11-12H2,1-2H3,(H,25,28). The minimum absolute atomic E-state index is 0.179. The lowest BCUT2D eigenvalue weighted by Crippen LogP contribution is -2.42. The van der Waals surface area contributed by atoms with Gasteiger partial charge in [-0.2, -0.15) is 5.10 Å². The molecule has 1 fully saturated rings. The number of hydrogen-bond acceptors (Lipinski definition) is 5. The molecular weight excluding hydrogens is 380 g/mol. The molecule has 2 aromatic heterocycles. The molecule has 0 radical (unpaired) electrons. The number of rotatable bonds is 4. The van der Waals surface area contributed by atoms with Gasteiger partial charge in [0.1, 0.15) is 5.75 Å². The van der Waals surface area contributed by atoms with Gasteiger partial charge in [-0.3, -0.25) is 14.5 Å². The summed E-state index contributed by atoms with van der Waals surface area (Å²) in [6.45, 7) is 1.84. The smallest absolute Gasteiger partial charge is 0.257 e. The van der Waals surface area contributed by atoms with Gasteiger partial charge in [-0.25, -0.2) is 0 Å². The van der Waals surface area contributed by atoms with E-state index < -0.39 is 5.60 Å². The highest BCUT2D eigenvalue weighted by Gasteiger charge is 2.40. The molecule has 1 amide bonds. The van der Waals surface area contributed by atoms with E-state index in [1.54, 1.807) is 19.4 Å². The van der Waals surface area contributed by atoms with Gasteiger partial charge in [0.25, 0.3) is 5.91 Å². The number of para-hydroxylation sites is 1. The summed E-state index contributed by atoms with van der Waals surface area (Å²) in [5.74, 6) is 0.286. The van der Waals surface area contributed by atoms with Crippen molar-refractivity contribution in [3.63, 3.8) is 0 Å². The van der Waals surface area contributed by atoms with Gasteiger partial charge in [0.2, 0.25) is 0 Å². The Bertz CT molecular complexity index is 1260. The van der Waals surface area contributed by atoms with E-state index >= 15 is 0 Å². The summed E-state index contributed by atoms with van der Waals surface area (Å²) in [7, 11) is 1.57. The Balaban J connectivity index is 1.48. The number of carbonyl (C=O) groups excluding carboxylic acids is 1. The number of hydrogen-bond donors (Lipinski definition) is 2. The normalized spacial score (nSPS) is 20.8. The second-order valence-corrected chi connectivity index (χ2v) is 8.11. The molecule has 152 valence electrons. The van der Waals surface area contributed by atoms with Crippen LogP contribution in [0.4, 0.5) is 5.69 Å². The van der Waals surface area contributed by atoms with Crippen LogP contribution in [0.1, 0.15) is 36.2 Å². The van der Waals surface area contributed by atoms with Crippen LogP contribution in [0.5, 0.6) is 5.75 Å². The van der Waals surface area contributed by atoms with Gasteiger partial charge in [-0.05, 0) is 38.0 Å². The van der Waals surface area contributed by atoms with Gasteiger partial charge < -0.3 is 15.2 Å². The quantitative estimate of drug-likeness (QED) is 0.540. The average molecular weight is 402 g/mol. The first kappa shape index (κ1) is 18.6. The number of aliphatic hydroxyl groups is 1. The first-order valence-corrected chi connectivity index (χ1v) is 9.88. The summed E-state index contributed by atoms with van der Waals surface area (Å²) in [6.07, 6.45) is 4.98. The number of amides is 1. The zero-order chi connectivity index (χ0) is 20.9. The molecule has 2 heterocycles. The SMILES string of the molecule is COc1cc2nn(C3CC(C)(O)C3)cc2cc1NC(=O)c1cccc2cccnc12. The van der Waals surface area contributed by atoms with Crippen molar-refractivity contribution >= 4 is 33.4 Å². The second-order valence-electron chi connectivity index (χ2n) is 8.11. The van der Waals surface area contributed by atoms with Crippen molar-refractivity contribution in [1.82, 2.24) is 14.8 Å². The molecule has 5 rings (SSSR count). The minimum atomic E-state index is -0.619. The van der Waals surface area contributed by atoms with Crippen molar-refractivity contribution in [2.24, 2.45) is 0 Å². The van der Waals surface area contributed by atoms with Gasteiger partial charge >= 0.3 is 0 Å². The zero-order valence-corrected chi connectivity index (χ0v) is 16.8. The van der Waals surface area contributed by atoms with Crippen molar-refractivity contribution in [2.45, 2.75) is 31.4 Å². The van der Waals surface area contributed by atoms with E-state index in [9.17, 15) is 9.90 Å². The Morgan fingerprint density at radius 3 is 2.80 bits per heavy atom. The lowest BCUT2D eigenvalue weighted by atomic mass is 9.77. The molecule has 30 heavy (non-hydrogen) atoms. The van der Waals surface area contributed by atoms with Crippen LogP contribution < -0.4 is 10.1 Å². The van der Waals surface area contributed by atoms with Gasteiger partial charge in [0, 0.05) is 29.2 Å². The zero-order valence-electron chi connectivity index (χ0n) is 16.8. The Morgan fingerprint density at radius 2 is 2.03 bits per heavy atom. The maximum Gasteiger partial charge on any atom is 0.257 e. The van der Waals surface area contributed by atoms with Crippen molar-refractivity contribution in [1.29, 1.82) is 0 Å². The van der Waals surface area contributed by atoms with E-state index in [4.69, 9.17) is 4.74 Å². The third kappa shape index (κ3) is 3.17. The Morgan fingerprint density at radius 1 is 1.23 bits per heavy atom. The van der Waals surface area contributed by atoms with Crippen molar-refractivity contribution in [2.75, 3.05) is 12.4 Å². The second kappa shape index (κ2) is 6.81. The molecule has 2 aromatic carbocycles. The third-order valence-corrected chi connectivity index (χ3v) is 5.69. The van der Waals surface area contributed by atoms with Crippen LogP contribution in [0.3, 0.4) is 0 Å². The number of carbonyl (C=O) groups is 1. The number of nitrogens with one attached hydrogen (secondary N) is 1. The van der Waals surface area contributed by atoms with Crippen molar-refractivity contribution < 1.29 is 14.6 Å². The maximum atomic E-state index is 13.0. The van der Waals surface area contributed by atoms with Gasteiger partial charge in [0.05, 0.1) is 41.0 Å². The van der Waals surface area contributed by atoms with Gasteiger partial charge in [-0.15, -0.1) is 0 Å². The summed E-state index contributed by atoms with van der Waals surface area (Å²) in [5, 5.41) is 19.4. The van der Waals surface area contributed by atoms with E-state index in [1.165, 1.54) is 0 Å². The number of methoxy groups -OCH3 is 1. The largest absolute Gasteiger partial charge is 0.494 e. The molecule has 0 bridgehead atoms. The number of pyridine rings is 1. The van der Waals surface area contributed by atoms with Crippen LogP contribution in [0.15, 0.2) is 54.9 Å². The van der Waals surface area contributed by atoms with Crippen molar-refractivity contribution in [3.8, 4) is 5.75 Å². The molecule has 0 unspecified atom stereocenters. The van der Waals surface area contributed by atoms with Gasteiger partial charge in [0.15, 0.2) is 0 Å². The van der Waals surface area contributed by atoms with E-state index in [-0.39, 0.29) is 11.9 Å². The molecule has 0 spiro atoms. The van der Waals surface area contributed by atoms with Crippen molar-refractivity contribution in [3.05, 3.63) is 60.4 Å². The summed E-state index contributed by atoms with van der Waals surface area (Å²) in [6, 6.07) is 13.2. The number of anilines is 1. The average Bonchev–Trinajstić information content (AvgIpc) is 3.13. The summed E-state index contributed by atoms with van der Waals surface area (Å²) >= 11 is 0. The minimum Gasteiger partial charge on any atom is -0.494 e. The fourth-order valence-corrected chi connectivity index (χ4v) is 4.14. The lowest BCUT2D eigenvalue weighted by Gasteiger charge is -2.40. The number of nitrogens with zero attached hydrogens (tertiary/aromatic N) is 3. The summed E-state index contributed by atoms with van der Waals surface area (Å²) < 4.78 is 7.39. The van der Waals surface area contributed by atoms with Crippen LogP contribution in [-0.2, 0) is 0 Å². The predicted molar refractivity (Wildman–Crippen MR) is 115 cm³/mol. The molecule has 0 atom stereocenters. The monoisotopic (exact) mass is 402 g/mol. The fourth-order valence-electron chi connectivity index (χ4n) is 4.14. The number of benzene rings is 2. The number of fused-ring (bicyclic) bond motifs is 2. The van der Waals surface area contributed by atoms with Crippen LogP contribution in [0, 0.1) is 0 Å². The van der Waals surface area contributed by atoms with E-state index in [0.29, 0.717) is 35.4 Å². The summed E-state index contributed by atoms with van der Waals surface area (Å²) in [5.41, 5.74) is 1.89. The molecule has 0 aliphatic heterocycles. The molecule has 7 heteroatoms. The number of ether oxygens (including phenoxy) is 1. The highest BCUT2D eigenvalue weighted by atomic mass is 16.5. The maximum absolute atomic E-state index is 13.0. The molecular formula is C23H22N4O3. The van der Waals surface area contributed by atoms with E-state index in [0.717, 1.165) is 16.3 Å². The van der Waals surface area contributed by atoms with E-state index in [2.05, 4.69) is 15.4 Å². The topological polar surface area (TPSA) is 89.3 Å². The molecule has 1 aliphatic rings. The molecule has 2 N–H and O–H groups in total. The lowest BCUT2D eigenvalue weighted by molar-refractivity contribution is -0.0541. The Labute approximate surface area is 173 Å². The molecule has 4 aromatic rings.